The van der Waals surface area contributed by atoms with Gasteiger partial charge < -0.3 is 15.4 Å². The molecule has 2 N–H and O–H groups in total. The van der Waals surface area contributed by atoms with Gasteiger partial charge in [0.1, 0.15) is 0 Å². The molecule has 0 aliphatic rings. The molecule has 0 bridgehead atoms. The minimum Gasteiger partial charge on any atom is -0.374 e. The SMILES string of the molecule is CN=C(NCCCOC(C)c1ccccc1)NCCS(=O)(=O)c1ccccc1. The number of nitrogens with zero attached hydrogens (tertiary/aromatic N) is 1. The fourth-order valence-electron chi connectivity index (χ4n) is 2.63. The van der Waals surface area contributed by atoms with Crippen LogP contribution in [-0.4, -0.2) is 46.9 Å². The van der Waals surface area contributed by atoms with Crippen molar-refractivity contribution in [2.45, 2.75) is 24.3 Å². The van der Waals surface area contributed by atoms with Crippen LogP contribution in [0, 0.1) is 0 Å². The lowest BCUT2D eigenvalue weighted by molar-refractivity contribution is 0.0646. The molecule has 28 heavy (non-hydrogen) atoms. The summed E-state index contributed by atoms with van der Waals surface area (Å²) in [6.45, 7) is 3.64. The second-order valence-electron chi connectivity index (χ2n) is 6.33. The number of rotatable bonds is 10. The maximum Gasteiger partial charge on any atom is 0.191 e. The molecule has 0 fully saturated rings. The molecule has 0 amide bonds. The summed E-state index contributed by atoms with van der Waals surface area (Å²) < 4.78 is 30.4. The molecular formula is C21H29N3O3S. The Bertz CT molecular complexity index is 824. The maximum absolute atomic E-state index is 12.3. The van der Waals surface area contributed by atoms with E-state index in [1.54, 1.807) is 37.4 Å². The van der Waals surface area contributed by atoms with E-state index in [0.717, 1.165) is 12.0 Å². The maximum atomic E-state index is 12.3. The van der Waals surface area contributed by atoms with Gasteiger partial charge in [0.2, 0.25) is 0 Å². The van der Waals surface area contributed by atoms with Crippen molar-refractivity contribution in [3.05, 3.63) is 66.2 Å². The molecule has 0 saturated carbocycles. The molecule has 7 heteroatoms. The summed E-state index contributed by atoms with van der Waals surface area (Å²) in [6, 6.07) is 18.6. The van der Waals surface area contributed by atoms with Crippen molar-refractivity contribution in [3.8, 4) is 0 Å². The molecule has 0 heterocycles. The lowest BCUT2D eigenvalue weighted by Crippen LogP contribution is -2.40. The molecule has 1 atom stereocenters. The fourth-order valence-corrected chi connectivity index (χ4v) is 3.81. The van der Waals surface area contributed by atoms with Gasteiger partial charge in [-0.25, -0.2) is 8.42 Å². The molecule has 0 aromatic heterocycles. The third-order valence-electron chi connectivity index (χ3n) is 4.24. The van der Waals surface area contributed by atoms with Crippen LogP contribution in [0.2, 0.25) is 0 Å². The van der Waals surface area contributed by atoms with E-state index in [1.807, 2.05) is 25.1 Å². The van der Waals surface area contributed by atoms with E-state index in [1.165, 1.54) is 0 Å². The second kappa shape index (κ2) is 11.5. The van der Waals surface area contributed by atoms with Gasteiger partial charge in [0.15, 0.2) is 15.8 Å². The predicted molar refractivity (Wildman–Crippen MR) is 113 cm³/mol. The number of sulfone groups is 1. The first-order chi connectivity index (χ1) is 13.5. The number of aliphatic imine (C=N–C) groups is 1. The van der Waals surface area contributed by atoms with E-state index in [-0.39, 0.29) is 11.9 Å². The van der Waals surface area contributed by atoms with Gasteiger partial charge in [0.05, 0.1) is 16.8 Å². The average molecular weight is 404 g/mol. The van der Waals surface area contributed by atoms with Crippen LogP contribution < -0.4 is 10.6 Å². The quantitative estimate of drug-likeness (QED) is 0.362. The fraction of sp³-hybridized carbons (Fsp3) is 0.381. The molecule has 152 valence electrons. The Labute approximate surface area is 168 Å². The summed E-state index contributed by atoms with van der Waals surface area (Å²) >= 11 is 0. The van der Waals surface area contributed by atoms with Crippen LogP contribution in [0.1, 0.15) is 25.0 Å². The van der Waals surface area contributed by atoms with Gasteiger partial charge in [-0.1, -0.05) is 48.5 Å². The van der Waals surface area contributed by atoms with Crippen molar-refractivity contribution in [2.75, 3.05) is 32.5 Å². The van der Waals surface area contributed by atoms with Crippen molar-refractivity contribution in [2.24, 2.45) is 4.99 Å². The first kappa shape index (κ1) is 21.9. The molecule has 0 aliphatic carbocycles. The molecule has 0 aliphatic heterocycles. The van der Waals surface area contributed by atoms with Gasteiger partial charge in [-0.3, -0.25) is 4.99 Å². The Morgan fingerprint density at radius 2 is 1.61 bits per heavy atom. The van der Waals surface area contributed by atoms with Gasteiger partial charge in [-0.2, -0.15) is 0 Å². The zero-order valence-corrected chi connectivity index (χ0v) is 17.3. The van der Waals surface area contributed by atoms with Crippen LogP contribution in [0.15, 0.2) is 70.6 Å². The van der Waals surface area contributed by atoms with Crippen LogP contribution in [0.5, 0.6) is 0 Å². The molecule has 0 saturated heterocycles. The van der Waals surface area contributed by atoms with E-state index in [2.05, 4.69) is 27.8 Å². The molecule has 2 aromatic rings. The van der Waals surface area contributed by atoms with Gasteiger partial charge in [0.25, 0.3) is 0 Å². The van der Waals surface area contributed by atoms with Crippen molar-refractivity contribution in [1.29, 1.82) is 0 Å². The number of guanidine groups is 1. The number of hydrogen-bond acceptors (Lipinski definition) is 4. The highest BCUT2D eigenvalue weighted by molar-refractivity contribution is 7.91. The molecule has 1 unspecified atom stereocenters. The van der Waals surface area contributed by atoms with E-state index in [9.17, 15) is 8.42 Å². The molecule has 0 spiro atoms. The zero-order valence-electron chi connectivity index (χ0n) is 16.5. The molecule has 2 rings (SSSR count). The van der Waals surface area contributed by atoms with Crippen LogP contribution in [-0.2, 0) is 14.6 Å². The predicted octanol–water partition coefficient (Wildman–Crippen LogP) is 2.79. The zero-order chi connectivity index (χ0) is 20.2. The third kappa shape index (κ3) is 7.32. The van der Waals surface area contributed by atoms with Crippen molar-refractivity contribution >= 4 is 15.8 Å². The summed E-state index contributed by atoms with van der Waals surface area (Å²) in [6.07, 6.45) is 0.877. The average Bonchev–Trinajstić information content (AvgIpc) is 2.73. The van der Waals surface area contributed by atoms with Gasteiger partial charge in [-0.15, -0.1) is 0 Å². The minimum absolute atomic E-state index is 0.00934. The standard InChI is InChI=1S/C21H29N3O3S/c1-18(19-10-5-3-6-11-19)27-16-9-14-23-21(22-2)24-15-17-28(25,26)20-12-7-4-8-13-20/h3-8,10-13,18H,9,14-17H2,1-2H3,(H2,22,23,24). The summed E-state index contributed by atoms with van der Waals surface area (Å²) in [5.74, 6) is 0.592. The highest BCUT2D eigenvalue weighted by Gasteiger charge is 2.13. The summed E-state index contributed by atoms with van der Waals surface area (Å²) in [5.41, 5.74) is 1.16. The molecule has 2 aromatic carbocycles. The topological polar surface area (TPSA) is 79.8 Å². The van der Waals surface area contributed by atoms with Gasteiger partial charge >= 0.3 is 0 Å². The summed E-state index contributed by atoms with van der Waals surface area (Å²) in [4.78, 5) is 4.46. The number of ether oxygens (including phenoxy) is 1. The normalized spacial score (nSPS) is 13.1. The largest absolute Gasteiger partial charge is 0.374 e. The number of hydrogen-bond donors (Lipinski definition) is 2. The van der Waals surface area contributed by atoms with Crippen molar-refractivity contribution in [1.82, 2.24) is 10.6 Å². The van der Waals surface area contributed by atoms with Crippen LogP contribution in [0.3, 0.4) is 0 Å². The van der Waals surface area contributed by atoms with Crippen molar-refractivity contribution in [3.63, 3.8) is 0 Å². The van der Waals surface area contributed by atoms with E-state index < -0.39 is 9.84 Å². The second-order valence-corrected chi connectivity index (χ2v) is 8.44. The third-order valence-corrected chi connectivity index (χ3v) is 5.97. The van der Waals surface area contributed by atoms with Crippen LogP contribution >= 0.6 is 0 Å². The Morgan fingerprint density at radius 1 is 1.00 bits per heavy atom. The van der Waals surface area contributed by atoms with Gasteiger partial charge in [0, 0.05) is 26.7 Å². The van der Waals surface area contributed by atoms with Crippen LogP contribution in [0.25, 0.3) is 0 Å². The summed E-state index contributed by atoms with van der Waals surface area (Å²) in [5, 5.41) is 6.21. The van der Waals surface area contributed by atoms with Gasteiger partial charge in [-0.05, 0) is 31.0 Å². The Hall–Kier alpha value is -2.38. The Balaban J connectivity index is 1.64. The lowest BCUT2D eigenvalue weighted by atomic mass is 10.1. The first-order valence-electron chi connectivity index (χ1n) is 9.42. The lowest BCUT2D eigenvalue weighted by Gasteiger charge is -2.15. The minimum atomic E-state index is -3.29. The smallest absolute Gasteiger partial charge is 0.191 e. The van der Waals surface area contributed by atoms with E-state index in [4.69, 9.17) is 4.74 Å². The monoisotopic (exact) mass is 403 g/mol. The molecule has 6 nitrogen and oxygen atoms in total. The Morgan fingerprint density at radius 3 is 2.25 bits per heavy atom. The number of benzene rings is 2. The highest BCUT2D eigenvalue weighted by atomic mass is 32.2. The van der Waals surface area contributed by atoms with Crippen molar-refractivity contribution < 1.29 is 13.2 Å². The number of nitrogens with one attached hydrogen (secondary N) is 2. The first-order valence-corrected chi connectivity index (χ1v) is 11.1. The molecular weight excluding hydrogens is 374 g/mol. The Kier molecular flexibility index (Phi) is 8.97. The van der Waals surface area contributed by atoms with E-state index in [0.29, 0.717) is 30.6 Å². The highest BCUT2D eigenvalue weighted by Crippen LogP contribution is 2.15. The van der Waals surface area contributed by atoms with Crippen LogP contribution in [0.4, 0.5) is 0 Å². The van der Waals surface area contributed by atoms with E-state index >= 15 is 0 Å². The summed E-state index contributed by atoms with van der Waals surface area (Å²) in [7, 11) is -1.63. The molecule has 0 radical (unpaired) electrons.